The van der Waals surface area contributed by atoms with Gasteiger partial charge in [0.1, 0.15) is 6.10 Å². The predicted molar refractivity (Wildman–Crippen MR) is 67.7 cm³/mol. The number of esters is 1. The molecule has 4 unspecified atom stereocenters. The van der Waals surface area contributed by atoms with Gasteiger partial charge in [0.15, 0.2) is 0 Å². The second kappa shape index (κ2) is 3.95. The highest BCUT2D eigenvalue weighted by molar-refractivity contribution is 5.75. The highest BCUT2D eigenvalue weighted by Crippen LogP contribution is 2.52. The summed E-state index contributed by atoms with van der Waals surface area (Å²) in [6, 6.07) is 0. The van der Waals surface area contributed by atoms with Gasteiger partial charge in [0.25, 0.3) is 0 Å². The second-order valence-corrected chi connectivity index (χ2v) is 6.01. The van der Waals surface area contributed by atoms with Crippen molar-refractivity contribution in [3.05, 3.63) is 24.3 Å². The lowest BCUT2D eigenvalue weighted by Gasteiger charge is -2.26. The SMILES string of the molecule is C=C1CCC2C(=C)[C@H](O)CC3C(OC(=O)[C@H]3C)C12. The molecular formula is C15H20O3. The Balaban J connectivity index is 2.01. The molecule has 1 heterocycles. The first-order valence-electron chi connectivity index (χ1n) is 6.75. The lowest BCUT2D eigenvalue weighted by molar-refractivity contribution is -0.145. The summed E-state index contributed by atoms with van der Waals surface area (Å²) in [7, 11) is 0. The Labute approximate surface area is 108 Å². The van der Waals surface area contributed by atoms with E-state index in [1.807, 2.05) is 6.92 Å². The normalized spacial score (nSPS) is 47.6. The molecule has 2 aliphatic carbocycles. The van der Waals surface area contributed by atoms with Crippen LogP contribution in [-0.4, -0.2) is 23.3 Å². The molecule has 6 atom stereocenters. The number of aliphatic hydroxyl groups excluding tert-OH is 1. The van der Waals surface area contributed by atoms with Crippen LogP contribution in [0.3, 0.4) is 0 Å². The number of aliphatic hydroxyl groups is 1. The Morgan fingerprint density at radius 3 is 2.83 bits per heavy atom. The number of hydrogen-bond acceptors (Lipinski definition) is 3. The highest BCUT2D eigenvalue weighted by Gasteiger charge is 2.53. The fraction of sp³-hybridized carbons (Fsp3) is 0.667. The van der Waals surface area contributed by atoms with Crippen molar-refractivity contribution in [3.8, 4) is 0 Å². The number of rotatable bonds is 0. The van der Waals surface area contributed by atoms with E-state index in [0.717, 1.165) is 24.0 Å². The number of hydrogen-bond donors (Lipinski definition) is 1. The lowest BCUT2D eigenvalue weighted by Crippen LogP contribution is -2.29. The number of fused-ring (bicyclic) bond motifs is 3. The van der Waals surface area contributed by atoms with Crippen molar-refractivity contribution in [3.63, 3.8) is 0 Å². The minimum Gasteiger partial charge on any atom is -0.461 e. The summed E-state index contributed by atoms with van der Waals surface area (Å²) in [5.74, 6) is 0.274. The van der Waals surface area contributed by atoms with E-state index in [2.05, 4.69) is 13.2 Å². The highest BCUT2D eigenvalue weighted by atomic mass is 16.6. The molecule has 3 aliphatic rings. The van der Waals surface area contributed by atoms with Crippen LogP contribution in [0.5, 0.6) is 0 Å². The standard InChI is InChI=1S/C15H20O3/c1-7-4-5-10-8(2)12(16)6-11-9(3)15(17)18-14(11)13(7)10/h9-14,16H,1-2,4-6H2,3H3/t9-,10?,11?,12+,13?,14?/m0/s1. The van der Waals surface area contributed by atoms with Crippen LogP contribution in [0, 0.1) is 23.7 Å². The Morgan fingerprint density at radius 1 is 1.39 bits per heavy atom. The molecule has 0 bridgehead atoms. The molecule has 0 spiro atoms. The van der Waals surface area contributed by atoms with Crippen molar-refractivity contribution in [1.82, 2.24) is 0 Å². The van der Waals surface area contributed by atoms with Gasteiger partial charge in [-0.25, -0.2) is 0 Å². The topological polar surface area (TPSA) is 46.5 Å². The summed E-state index contributed by atoms with van der Waals surface area (Å²) < 4.78 is 5.59. The maximum Gasteiger partial charge on any atom is 0.309 e. The molecule has 3 rings (SSSR count). The molecule has 0 amide bonds. The number of ether oxygens (including phenoxy) is 1. The zero-order valence-corrected chi connectivity index (χ0v) is 10.8. The molecule has 3 heteroatoms. The molecule has 1 aliphatic heterocycles. The molecule has 1 saturated heterocycles. The van der Waals surface area contributed by atoms with Crippen LogP contribution in [-0.2, 0) is 9.53 Å². The third kappa shape index (κ3) is 1.50. The van der Waals surface area contributed by atoms with Gasteiger partial charge in [-0.2, -0.15) is 0 Å². The minimum atomic E-state index is -0.504. The van der Waals surface area contributed by atoms with E-state index in [9.17, 15) is 9.90 Å². The Hall–Kier alpha value is -1.09. The van der Waals surface area contributed by atoms with Gasteiger partial charge in [0.05, 0.1) is 12.0 Å². The molecule has 18 heavy (non-hydrogen) atoms. The van der Waals surface area contributed by atoms with Crippen LogP contribution in [0.1, 0.15) is 26.2 Å². The smallest absolute Gasteiger partial charge is 0.309 e. The van der Waals surface area contributed by atoms with Crippen LogP contribution in [0.15, 0.2) is 24.3 Å². The zero-order chi connectivity index (χ0) is 13.0. The van der Waals surface area contributed by atoms with Crippen LogP contribution in [0.2, 0.25) is 0 Å². The van der Waals surface area contributed by atoms with Gasteiger partial charge in [-0.15, -0.1) is 0 Å². The van der Waals surface area contributed by atoms with E-state index in [4.69, 9.17) is 4.74 Å². The molecule has 3 fully saturated rings. The van der Waals surface area contributed by atoms with Gasteiger partial charge in [-0.3, -0.25) is 4.79 Å². The van der Waals surface area contributed by atoms with Crippen molar-refractivity contribution in [2.45, 2.75) is 38.4 Å². The molecule has 0 aromatic carbocycles. The van der Waals surface area contributed by atoms with Crippen molar-refractivity contribution in [2.24, 2.45) is 23.7 Å². The first-order chi connectivity index (χ1) is 8.50. The molecule has 3 nitrogen and oxygen atoms in total. The number of carbonyl (C=O) groups excluding carboxylic acids is 1. The van der Waals surface area contributed by atoms with Crippen molar-refractivity contribution >= 4 is 5.97 Å². The fourth-order valence-electron chi connectivity index (χ4n) is 3.97. The monoisotopic (exact) mass is 248 g/mol. The summed E-state index contributed by atoms with van der Waals surface area (Å²) in [5.41, 5.74) is 2.07. The second-order valence-electron chi connectivity index (χ2n) is 6.01. The summed E-state index contributed by atoms with van der Waals surface area (Å²) in [6.07, 6.45) is 1.93. The molecule has 0 radical (unpaired) electrons. The average molecular weight is 248 g/mol. The van der Waals surface area contributed by atoms with E-state index >= 15 is 0 Å². The summed E-state index contributed by atoms with van der Waals surface area (Å²) in [5, 5.41) is 10.2. The third-order valence-electron chi connectivity index (χ3n) is 5.12. The van der Waals surface area contributed by atoms with Crippen LogP contribution >= 0.6 is 0 Å². The van der Waals surface area contributed by atoms with Gasteiger partial charge >= 0.3 is 5.97 Å². The van der Waals surface area contributed by atoms with Crippen LogP contribution in [0.25, 0.3) is 0 Å². The van der Waals surface area contributed by atoms with Gasteiger partial charge in [-0.1, -0.05) is 25.7 Å². The van der Waals surface area contributed by atoms with Crippen molar-refractivity contribution in [1.29, 1.82) is 0 Å². The van der Waals surface area contributed by atoms with E-state index in [1.54, 1.807) is 0 Å². The summed E-state index contributed by atoms with van der Waals surface area (Å²) >= 11 is 0. The molecule has 1 N–H and O–H groups in total. The minimum absolute atomic E-state index is 0.0959. The zero-order valence-electron chi connectivity index (χ0n) is 10.8. The fourth-order valence-corrected chi connectivity index (χ4v) is 3.97. The Kier molecular flexibility index (Phi) is 2.63. The number of carbonyl (C=O) groups is 1. The van der Waals surface area contributed by atoms with Gasteiger partial charge < -0.3 is 9.84 Å². The van der Waals surface area contributed by atoms with E-state index in [1.165, 1.54) is 0 Å². The van der Waals surface area contributed by atoms with E-state index < -0.39 is 6.10 Å². The molecule has 98 valence electrons. The quantitative estimate of drug-likeness (QED) is 0.527. The summed E-state index contributed by atoms with van der Waals surface area (Å²) in [6.45, 7) is 10.1. The first kappa shape index (κ1) is 12.0. The first-order valence-corrected chi connectivity index (χ1v) is 6.75. The Bertz CT molecular complexity index is 425. The van der Waals surface area contributed by atoms with Gasteiger partial charge in [0.2, 0.25) is 0 Å². The molecular weight excluding hydrogens is 228 g/mol. The van der Waals surface area contributed by atoms with Gasteiger partial charge in [0, 0.05) is 11.8 Å². The molecule has 2 saturated carbocycles. The third-order valence-corrected chi connectivity index (χ3v) is 5.12. The van der Waals surface area contributed by atoms with Crippen LogP contribution < -0.4 is 0 Å². The predicted octanol–water partition coefficient (Wildman–Crippen LogP) is 2.07. The van der Waals surface area contributed by atoms with Crippen molar-refractivity contribution in [2.75, 3.05) is 0 Å². The van der Waals surface area contributed by atoms with Crippen molar-refractivity contribution < 1.29 is 14.6 Å². The molecule has 0 aromatic heterocycles. The maximum atomic E-state index is 11.8. The maximum absolute atomic E-state index is 11.8. The lowest BCUT2D eigenvalue weighted by atomic mass is 9.80. The largest absolute Gasteiger partial charge is 0.461 e. The van der Waals surface area contributed by atoms with Gasteiger partial charge in [-0.05, 0) is 30.8 Å². The summed E-state index contributed by atoms with van der Waals surface area (Å²) in [4.78, 5) is 11.8. The molecule has 0 aromatic rings. The average Bonchev–Trinajstić information content (AvgIpc) is 2.80. The Morgan fingerprint density at radius 2 is 2.11 bits per heavy atom. The van der Waals surface area contributed by atoms with Crippen LogP contribution in [0.4, 0.5) is 0 Å². The van der Waals surface area contributed by atoms with E-state index in [-0.39, 0.29) is 35.7 Å². The van der Waals surface area contributed by atoms with E-state index in [0.29, 0.717) is 6.42 Å².